The number of rotatable bonds is 7. The Morgan fingerprint density at radius 3 is 2.38 bits per heavy atom. The number of likely N-dealkylation sites (tertiary alicyclic amines) is 1. The zero-order chi connectivity index (χ0) is 33.1. The molecule has 0 bridgehead atoms. The number of alkyl halides is 2. The Hall–Kier alpha value is -4.07. The molecule has 0 unspecified atom stereocenters. The van der Waals surface area contributed by atoms with Crippen LogP contribution in [-0.4, -0.2) is 93.5 Å². The lowest BCUT2D eigenvalue weighted by molar-refractivity contribution is -0.127. The highest BCUT2D eigenvalue weighted by molar-refractivity contribution is 5.80. The molecule has 3 fully saturated rings. The third-order valence-corrected chi connectivity index (χ3v) is 8.90. The van der Waals surface area contributed by atoms with Gasteiger partial charge in [0.2, 0.25) is 11.9 Å². The van der Waals surface area contributed by atoms with Crippen molar-refractivity contribution in [3.8, 4) is 5.82 Å². The molecule has 2 aliphatic heterocycles. The van der Waals surface area contributed by atoms with E-state index >= 15 is 0 Å². The molecule has 0 spiro atoms. The zero-order valence-electron chi connectivity index (χ0n) is 27.3. The molecular weight excluding hydrogens is 610 g/mol. The van der Waals surface area contributed by atoms with Gasteiger partial charge in [-0.05, 0) is 71.4 Å². The summed E-state index contributed by atoms with van der Waals surface area (Å²) in [7, 11) is 0. The molecule has 1 aromatic carbocycles. The molecule has 3 aliphatic rings. The van der Waals surface area contributed by atoms with Gasteiger partial charge in [-0.15, -0.1) is 0 Å². The highest BCUT2D eigenvalue weighted by Crippen LogP contribution is 2.30. The van der Waals surface area contributed by atoms with Gasteiger partial charge >= 0.3 is 6.09 Å². The molecule has 254 valence electrons. The number of hydrogen-bond donors (Lipinski definition) is 2. The first-order chi connectivity index (χ1) is 22.5. The average Bonchev–Trinajstić information content (AvgIpc) is 3.46. The van der Waals surface area contributed by atoms with E-state index in [0.29, 0.717) is 68.0 Å². The SMILES string of the molecule is CC(C)(C)OC(=O)N1CCC[C@H](C(=O)N[C@H]2CC[C@H](Nc3nc(N4CCOCC4)cc(-n4c(C(F)F)nc5ccccc54)n3)CC2)C1. The molecule has 2 aromatic heterocycles. The van der Waals surface area contributed by atoms with Crippen molar-refractivity contribution in [3.05, 3.63) is 36.2 Å². The molecule has 1 atom stereocenters. The fourth-order valence-electron chi connectivity index (χ4n) is 6.55. The topological polar surface area (TPSA) is 127 Å². The van der Waals surface area contributed by atoms with E-state index < -0.39 is 12.0 Å². The van der Waals surface area contributed by atoms with Crippen LogP contribution < -0.4 is 15.5 Å². The molecule has 1 aliphatic carbocycles. The first-order valence-corrected chi connectivity index (χ1v) is 16.6. The Bertz CT molecular complexity index is 1560. The van der Waals surface area contributed by atoms with Crippen LogP contribution in [0.5, 0.6) is 0 Å². The van der Waals surface area contributed by atoms with Gasteiger partial charge < -0.3 is 29.9 Å². The Balaban J connectivity index is 1.12. The van der Waals surface area contributed by atoms with E-state index in [1.807, 2.05) is 20.8 Å². The molecule has 2 saturated heterocycles. The number of piperidine rings is 1. The van der Waals surface area contributed by atoms with Crippen molar-refractivity contribution in [2.24, 2.45) is 5.92 Å². The van der Waals surface area contributed by atoms with Crippen LogP contribution in [0, 0.1) is 5.92 Å². The number of para-hydroxylation sites is 2. The monoisotopic (exact) mass is 654 g/mol. The molecule has 2 amide bonds. The summed E-state index contributed by atoms with van der Waals surface area (Å²) in [5.74, 6) is 0.656. The molecule has 6 rings (SSSR count). The predicted octanol–water partition coefficient (Wildman–Crippen LogP) is 5.08. The average molecular weight is 655 g/mol. The van der Waals surface area contributed by atoms with E-state index in [0.717, 1.165) is 38.5 Å². The van der Waals surface area contributed by atoms with Gasteiger partial charge in [-0.25, -0.2) is 18.6 Å². The van der Waals surface area contributed by atoms with Gasteiger partial charge in [-0.2, -0.15) is 9.97 Å². The van der Waals surface area contributed by atoms with Crippen LogP contribution >= 0.6 is 0 Å². The van der Waals surface area contributed by atoms with E-state index in [1.54, 1.807) is 35.2 Å². The number of halogens is 2. The maximum Gasteiger partial charge on any atom is 0.410 e. The minimum absolute atomic E-state index is 0.0248. The molecular formula is C33H44F2N8O4. The number of fused-ring (bicyclic) bond motifs is 1. The van der Waals surface area contributed by atoms with Gasteiger partial charge in [0.05, 0.1) is 30.2 Å². The number of aromatic nitrogens is 4. The van der Waals surface area contributed by atoms with Gasteiger partial charge in [-0.3, -0.25) is 9.36 Å². The summed E-state index contributed by atoms with van der Waals surface area (Å²) in [5.41, 5.74) is 0.427. The number of nitrogens with zero attached hydrogens (tertiary/aromatic N) is 6. The number of anilines is 2. The second-order valence-electron chi connectivity index (χ2n) is 13.6. The number of morpholine rings is 1. The first-order valence-electron chi connectivity index (χ1n) is 16.6. The summed E-state index contributed by atoms with van der Waals surface area (Å²) < 4.78 is 40.9. The van der Waals surface area contributed by atoms with E-state index in [9.17, 15) is 18.4 Å². The Labute approximate surface area is 273 Å². The van der Waals surface area contributed by atoms with E-state index in [4.69, 9.17) is 19.4 Å². The largest absolute Gasteiger partial charge is 0.444 e. The lowest BCUT2D eigenvalue weighted by Gasteiger charge is -2.35. The van der Waals surface area contributed by atoms with Crippen molar-refractivity contribution in [2.45, 2.75) is 83.4 Å². The summed E-state index contributed by atoms with van der Waals surface area (Å²) >= 11 is 0. The normalized spacial score (nSPS) is 22.4. The summed E-state index contributed by atoms with van der Waals surface area (Å²) in [6, 6.07) is 8.84. The second kappa shape index (κ2) is 14.0. The minimum Gasteiger partial charge on any atom is -0.444 e. The summed E-state index contributed by atoms with van der Waals surface area (Å²) in [6.07, 6.45) is 1.41. The number of carbonyl (C=O) groups excluding carboxylic acids is 2. The van der Waals surface area contributed by atoms with Crippen molar-refractivity contribution in [3.63, 3.8) is 0 Å². The minimum atomic E-state index is -2.79. The van der Waals surface area contributed by atoms with Crippen molar-refractivity contribution in [1.29, 1.82) is 0 Å². The standard InChI is InChI=1S/C33H44F2N8O4/c1-33(2,3)47-32(45)42-14-6-7-21(20-42)30(44)36-22-10-12-23(13-11-22)37-31-39-26(41-15-17-46-18-16-41)19-27(40-31)43-25-9-5-4-8-24(25)38-29(43)28(34)35/h4-5,8-9,19,21-23,28H,6-7,10-18,20H2,1-3H3,(H,36,44)(H,37,39,40)/t21-,22-,23-/m0/s1. The van der Waals surface area contributed by atoms with E-state index in [2.05, 4.69) is 20.5 Å². The number of ether oxygens (including phenoxy) is 2. The van der Waals surface area contributed by atoms with Crippen molar-refractivity contribution in [1.82, 2.24) is 29.7 Å². The number of imidazole rings is 1. The van der Waals surface area contributed by atoms with Crippen LogP contribution in [0.1, 0.15) is 71.5 Å². The third-order valence-electron chi connectivity index (χ3n) is 8.90. The van der Waals surface area contributed by atoms with Gasteiger partial charge in [0.1, 0.15) is 17.2 Å². The van der Waals surface area contributed by atoms with Crippen LogP contribution in [0.2, 0.25) is 0 Å². The fourth-order valence-corrected chi connectivity index (χ4v) is 6.55. The molecule has 3 aromatic rings. The fraction of sp³-hybridized carbons (Fsp3) is 0.606. The molecule has 12 nitrogen and oxygen atoms in total. The Kier molecular flexibility index (Phi) is 9.76. The Morgan fingerprint density at radius 2 is 1.66 bits per heavy atom. The summed E-state index contributed by atoms with van der Waals surface area (Å²) in [6.45, 7) is 8.81. The van der Waals surface area contributed by atoms with E-state index in [1.165, 1.54) is 4.57 Å². The van der Waals surface area contributed by atoms with Crippen molar-refractivity contribution in [2.75, 3.05) is 49.6 Å². The van der Waals surface area contributed by atoms with Crippen LogP contribution in [-0.2, 0) is 14.3 Å². The summed E-state index contributed by atoms with van der Waals surface area (Å²) in [5, 5.41) is 6.68. The maximum atomic E-state index is 14.2. The lowest BCUT2D eigenvalue weighted by Crippen LogP contribution is -2.49. The summed E-state index contributed by atoms with van der Waals surface area (Å²) in [4.78, 5) is 43.2. The number of carbonyl (C=O) groups is 2. The van der Waals surface area contributed by atoms with Gasteiger partial charge in [-0.1, -0.05) is 12.1 Å². The number of amides is 2. The lowest BCUT2D eigenvalue weighted by atomic mass is 9.90. The maximum absolute atomic E-state index is 14.2. The van der Waals surface area contributed by atoms with Gasteiger partial charge in [0.25, 0.3) is 6.43 Å². The molecule has 0 radical (unpaired) electrons. The Morgan fingerprint density at radius 1 is 0.957 bits per heavy atom. The first kappa shape index (κ1) is 32.9. The van der Waals surface area contributed by atoms with Crippen LogP contribution in [0.15, 0.2) is 30.3 Å². The third kappa shape index (κ3) is 7.91. The quantitative estimate of drug-likeness (QED) is 0.359. The predicted molar refractivity (Wildman–Crippen MR) is 173 cm³/mol. The smallest absolute Gasteiger partial charge is 0.410 e. The van der Waals surface area contributed by atoms with Crippen molar-refractivity contribution < 1.29 is 27.8 Å². The van der Waals surface area contributed by atoms with Gasteiger partial charge in [0.15, 0.2) is 5.82 Å². The van der Waals surface area contributed by atoms with Crippen LogP contribution in [0.3, 0.4) is 0 Å². The highest BCUT2D eigenvalue weighted by atomic mass is 19.3. The molecule has 14 heteroatoms. The van der Waals surface area contributed by atoms with Crippen LogP contribution in [0.25, 0.3) is 16.9 Å². The van der Waals surface area contributed by atoms with E-state index in [-0.39, 0.29) is 35.8 Å². The zero-order valence-corrected chi connectivity index (χ0v) is 27.3. The second-order valence-corrected chi connectivity index (χ2v) is 13.6. The highest BCUT2D eigenvalue weighted by Gasteiger charge is 2.33. The molecule has 1 saturated carbocycles. The molecule has 47 heavy (non-hydrogen) atoms. The number of nitrogens with one attached hydrogen (secondary N) is 2. The molecule has 4 heterocycles. The number of benzene rings is 1. The molecule has 2 N–H and O–H groups in total. The van der Waals surface area contributed by atoms with Crippen LogP contribution in [0.4, 0.5) is 25.3 Å². The van der Waals surface area contributed by atoms with Crippen molar-refractivity contribution >= 4 is 34.8 Å². The van der Waals surface area contributed by atoms with Gasteiger partial charge in [0, 0.05) is 44.3 Å². The number of hydrogen-bond acceptors (Lipinski definition) is 9.